The molecular formula is C15H21NO3. The van der Waals surface area contributed by atoms with Gasteiger partial charge in [-0.25, -0.2) is 0 Å². The second kappa shape index (κ2) is 5.21. The van der Waals surface area contributed by atoms with Crippen molar-refractivity contribution < 1.29 is 15.0 Å². The lowest BCUT2D eigenvalue weighted by Gasteiger charge is -2.26. The Kier molecular flexibility index (Phi) is 3.80. The van der Waals surface area contributed by atoms with Crippen molar-refractivity contribution in [2.45, 2.75) is 52.0 Å². The van der Waals surface area contributed by atoms with Crippen LogP contribution in [-0.4, -0.2) is 16.2 Å². The molecule has 19 heavy (non-hydrogen) atoms. The molecule has 0 fully saturated rings. The first-order valence-electron chi connectivity index (χ1n) is 6.74. The smallest absolute Gasteiger partial charge is 0.305 e. The fourth-order valence-corrected chi connectivity index (χ4v) is 3.16. The van der Waals surface area contributed by atoms with Crippen molar-refractivity contribution >= 4 is 5.97 Å². The van der Waals surface area contributed by atoms with Gasteiger partial charge in [-0.15, -0.1) is 0 Å². The molecular weight excluding hydrogens is 242 g/mol. The molecule has 0 radical (unpaired) electrons. The lowest BCUT2D eigenvalue weighted by molar-refractivity contribution is -0.137. The minimum Gasteiger partial charge on any atom is -0.507 e. The van der Waals surface area contributed by atoms with Crippen molar-refractivity contribution in [1.29, 1.82) is 0 Å². The average molecular weight is 263 g/mol. The molecule has 2 rings (SSSR count). The van der Waals surface area contributed by atoms with Crippen LogP contribution in [0.2, 0.25) is 0 Å². The Bertz CT molecular complexity index is 523. The predicted octanol–water partition coefficient (Wildman–Crippen LogP) is 2.36. The first-order chi connectivity index (χ1) is 8.93. The highest BCUT2D eigenvalue weighted by molar-refractivity contribution is 5.69. The molecule has 0 amide bonds. The molecule has 1 aliphatic carbocycles. The minimum absolute atomic E-state index is 0.160. The van der Waals surface area contributed by atoms with E-state index >= 15 is 0 Å². The summed E-state index contributed by atoms with van der Waals surface area (Å²) < 4.78 is 0. The van der Waals surface area contributed by atoms with E-state index in [4.69, 9.17) is 10.8 Å². The molecule has 4 nitrogen and oxygen atoms in total. The molecule has 4 N–H and O–H groups in total. The molecule has 0 saturated carbocycles. The van der Waals surface area contributed by atoms with Crippen molar-refractivity contribution in [3.05, 3.63) is 27.8 Å². The number of hydrogen-bond donors (Lipinski definition) is 3. The number of carboxylic acids is 1. The van der Waals surface area contributed by atoms with Crippen molar-refractivity contribution in [3.63, 3.8) is 0 Å². The molecule has 0 bridgehead atoms. The molecule has 4 heteroatoms. The van der Waals surface area contributed by atoms with E-state index < -0.39 is 12.0 Å². The summed E-state index contributed by atoms with van der Waals surface area (Å²) in [7, 11) is 0. The summed E-state index contributed by atoms with van der Waals surface area (Å²) in [5, 5.41) is 19.2. The summed E-state index contributed by atoms with van der Waals surface area (Å²) in [6.45, 7) is 3.84. The number of carbonyl (C=O) groups is 1. The largest absolute Gasteiger partial charge is 0.507 e. The maximum atomic E-state index is 10.8. The highest BCUT2D eigenvalue weighted by atomic mass is 16.4. The highest BCUT2D eigenvalue weighted by Gasteiger charge is 2.25. The predicted molar refractivity (Wildman–Crippen MR) is 73.4 cm³/mol. The fourth-order valence-electron chi connectivity index (χ4n) is 3.16. The van der Waals surface area contributed by atoms with Crippen LogP contribution in [0.25, 0.3) is 0 Å². The third-order valence-electron chi connectivity index (χ3n) is 4.15. The van der Waals surface area contributed by atoms with E-state index in [0.29, 0.717) is 5.56 Å². The van der Waals surface area contributed by atoms with Crippen LogP contribution >= 0.6 is 0 Å². The number of fused-ring (bicyclic) bond motifs is 1. The summed E-state index contributed by atoms with van der Waals surface area (Å²) in [5.74, 6) is -0.756. The number of phenols is 1. The van der Waals surface area contributed by atoms with Crippen LogP contribution in [-0.2, 0) is 17.6 Å². The van der Waals surface area contributed by atoms with Gasteiger partial charge in [0.05, 0.1) is 6.42 Å². The maximum absolute atomic E-state index is 10.8. The third-order valence-corrected chi connectivity index (χ3v) is 4.15. The van der Waals surface area contributed by atoms with Gasteiger partial charge in [-0.3, -0.25) is 4.79 Å². The Hall–Kier alpha value is -1.55. The lowest BCUT2D eigenvalue weighted by atomic mass is 9.81. The Morgan fingerprint density at radius 2 is 1.74 bits per heavy atom. The zero-order chi connectivity index (χ0) is 14.2. The van der Waals surface area contributed by atoms with Gasteiger partial charge in [0.25, 0.3) is 0 Å². The van der Waals surface area contributed by atoms with E-state index in [2.05, 4.69) is 0 Å². The van der Waals surface area contributed by atoms with Crippen LogP contribution in [0.1, 0.15) is 53.1 Å². The van der Waals surface area contributed by atoms with Gasteiger partial charge in [0, 0.05) is 11.6 Å². The summed E-state index contributed by atoms with van der Waals surface area (Å²) in [5.41, 5.74) is 10.9. The molecule has 0 heterocycles. The molecule has 0 aliphatic heterocycles. The van der Waals surface area contributed by atoms with Crippen molar-refractivity contribution in [1.82, 2.24) is 0 Å². The minimum atomic E-state index is -0.943. The number of hydrogen-bond acceptors (Lipinski definition) is 3. The maximum Gasteiger partial charge on any atom is 0.305 e. The van der Waals surface area contributed by atoms with Crippen molar-refractivity contribution in [2.75, 3.05) is 0 Å². The number of rotatable bonds is 3. The standard InChI is InChI=1S/C15H21NO3/c1-8-10-5-3-4-6-11(10)9(2)15(19)14(8)12(16)7-13(17)18/h12,19H,3-7,16H2,1-2H3,(H,17,18). The molecule has 1 aliphatic rings. The number of aromatic hydroxyl groups is 1. The number of phenolic OH excluding ortho intramolecular Hbond substituents is 1. The fraction of sp³-hybridized carbons (Fsp3) is 0.533. The third kappa shape index (κ3) is 2.45. The van der Waals surface area contributed by atoms with E-state index in [-0.39, 0.29) is 12.2 Å². The SMILES string of the molecule is Cc1c(O)c(C(N)CC(=O)O)c(C)c2c1CCCC2. The van der Waals surface area contributed by atoms with Gasteiger partial charge < -0.3 is 15.9 Å². The van der Waals surface area contributed by atoms with E-state index in [0.717, 1.165) is 36.8 Å². The van der Waals surface area contributed by atoms with Gasteiger partial charge in [-0.05, 0) is 61.8 Å². The van der Waals surface area contributed by atoms with Gasteiger partial charge in [-0.2, -0.15) is 0 Å². The molecule has 0 aromatic heterocycles. The number of nitrogens with two attached hydrogens (primary N) is 1. The van der Waals surface area contributed by atoms with E-state index in [1.807, 2.05) is 13.8 Å². The van der Waals surface area contributed by atoms with Crippen LogP contribution in [0.4, 0.5) is 0 Å². The molecule has 1 atom stereocenters. The van der Waals surface area contributed by atoms with Crippen molar-refractivity contribution in [3.8, 4) is 5.75 Å². The molecule has 0 saturated heterocycles. The van der Waals surface area contributed by atoms with Crippen LogP contribution in [0.15, 0.2) is 0 Å². The Balaban J connectivity index is 2.55. The molecule has 1 unspecified atom stereocenters. The Morgan fingerprint density at radius 1 is 1.21 bits per heavy atom. The summed E-state index contributed by atoms with van der Waals surface area (Å²) in [6, 6.07) is -0.650. The van der Waals surface area contributed by atoms with Crippen LogP contribution in [0, 0.1) is 13.8 Å². The van der Waals surface area contributed by atoms with Crippen LogP contribution in [0.3, 0.4) is 0 Å². The second-order valence-corrected chi connectivity index (χ2v) is 5.38. The van der Waals surface area contributed by atoms with E-state index in [1.165, 1.54) is 11.1 Å². The van der Waals surface area contributed by atoms with Gasteiger partial charge in [0.15, 0.2) is 0 Å². The van der Waals surface area contributed by atoms with Gasteiger partial charge in [-0.1, -0.05) is 0 Å². The first-order valence-corrected chi connectivity index (χ1v) is 6.74. The summed E-state index contributed by atoms with van der Waals surface area (Å²) in [4.78, 5) is 10.8. The molecule has 1 aromatic rings. The quantitative estimate of drug-likeness (QED) is 0.781. The van der Waals surface area contributed by atoms with E-state index in [9.17, 15) is 9.90 Å². The van der Waals surface area contributed by atoms with Crippen molar-refractivity contribution in [2.24, 2.45) is 5.73 Å². The average Bonchev–Trinajstić information content (AvgIpc) is 2.35. The number of carboxylic acid groups (broad SMARTS) is 1. The highest BCUT2D eigenvalue weighted by Crippen LogP contribution is 2.39. The molecule has 1 aromatic carbocycles. The first kappa shape index (κ1) is 13.9. The second-order valence-electron chi connectivity index (χ2n) is 5.38. The van der Waals surface area contributed by atoms with E-state index in [1.54, 1.807) is 0 Å². The lowest BCUT2D eigenvalue weighted by Crippen LogP contribution is -2.19. The zero-order valence-corrected chi connectivity index (χ0v) is 11.5. The summed E-state index contributed by atoms with van der Waals surface area (Å²) in [6.07, 6.45) is 4.12. The van der Waals surface area contributed by atoms with Crippen LogP contribution < -0.4 is 5.73 Å². The number of aliphatic carboxylic acids is 1. The van der Waals surface area contributed by atoms with Gasteiger partial charge in [0.1, 0.15) is 5.75 Å². The van der Waals surface area contributed by atoms with Gasteiger partial charge in [0.2, 0.25) is 0 Å². The van der Waals surface area contributed by atoms with Crippen LogP contribution in [0.5, 0.6) is 5.75 Å². The monoisotopic (exact) mass is 263 g/mol. The topological polar surface area (TPSA) is 83.5 Å². The normalized spacial score (nSPS) is 15.9. The molecule has 0 spiro atoms. The number of benzene rings is 1. The zero-order valence-electron chi connectivity index (χ0n) is 11.5. The Labute approximate surface area is 113 Å². The Morgan fingerprint density at radius 3 is 2.26 bits per heavy atom. The molecule has 104 valence electrons. The van der Waals surface area contributed by atoms with Gasteiger partial charge >= 0.3 is 5.97 Å². The summed E-state index contributed by atoms with van der Waals surface area (Å²) >= 11 is 0.